The molecule has 1 saturated carbocycles. The van der Waals surface area contributed by atoms with E-state index in [1.165, 1.54) is 30.6 Å². The van der Waals surface area contributed by atoms with Crippen LogP contribution in [0, 0.1) is 12.5 Å². The first-order valence-electron chi connectivity index (χ1n) is 10.3. The fourth-order valence-corrected chi connectivity index (χ4v) is 5.40. The number of thiophene rings is 1. The number of hydrogen-bond donors (Lipinski definition) is 1. The first-order chi connectivity index (χ1) is 15.0. The zero-order valence-corrected chi connectivity index (χ0v) is 19.4. The third kappa shape index (κ3) is 4.50. The van der Waals surface area contributed by atoms with E-state index in [4.69, 9.17) is 29.8 Å². The van der Waals surface area contributed by atoms with E-state index in [1.54, 1.807) is 22.9 Å². The van der Waals surface area contributed by atoms with Crippen LogP contribution in [-0.4, -0.2) is 21.7 Å². The molecule has 0 radical (unpaired) electrons. The number of amides is 1. The number of carbonyl (C=O) groups is 1. The van der Waals surface area contributed by atoms with E-state index in [0.29, 0.717) is 27.3 Å². The molecule has 1 fully saturated rings. The Hall–Kier alpha value is -2.33. The lowest BCUT2D eigenvalue weighted by molar-refractivity contribution is 0.0914. The molecule has 2 aromatic heterocycles. The van der Waals surface area contributed by atoms with Crippen LogP contribution in [0.15, 0.2) is 35.7 Å². The van der Waals surface area contributed by atoms with Crippen molar-refractivity contribution in [2.24, 2.45) is 5.92 Å². The van der Waals surface area contributed by atoms with Gasteiger partial charge in [-0.05, 0) is 55.3 Å². The molecule has 0 spiro atoms. The SMILES string of the molecule is [C-]#[N+]c1c(C(=O)N[C@H](C)C2CCCCC2)nn(-c2ccc(Cl)cc2Cl)c1-c1cccs1. The average molecular weight is 473 g/mol. The molecule has 0 saturated heterocycles. The lowest BCUT2D eigenvalue weighted by Gasteiger charge is -2.28. The van der Waals surface area contributed by atoms with Crippen molar-refractivity contribution < 1.29 is 4.79 Å². The van der Waals surface area contributed by atoms with Crippen LogP contribution in [0.2, 0.25) is 10.0 Å². The molecular formula is C23H22Cl2N4OS. The fourth-order valence-electron chi connectivity index (χ4n) is 4.16. The second-order valence-corrected chi connectivity index (χ2v) is 9.59. The summed E-state index contributed by atoms with van der Waals surface area (Å²) in [5.41, 5.74) is 1.47. The number of hydrogen-bond acceptors (Lipinski definition) is 3. The monoisotopic (exact) mass is 472 g/mol. The molecule has 1 aliphatic carbocycles. The van der Waals surface area contributed by atoms with Gasteiger partial charge in [-0.25, -0.2) is 9.53 Å². The Morgan fingerprint density at radius 3 is 2.71 bits per heavy atom. The second-order valence-electron chi connectivity index (χ2n) is 7.80. The van der Waals surface area contributed by atoms with Gasteiger partial charge in [0.1, 0.15) is 0 Å². The number of halogens is 2. The highest BCUT2D eigenvalue weighted by Gasteiger charge is 2.29. The maximum atomic E-state index is 13.2. The van der Waals surface area contributed by atoms with Gasteiger partial charge in [-0.3, -0.25) is 4.79 Å². The van der Waals surface area contributed by atoms with Crippen molar-refractivity contribution in [3.05, 3.63) is 62.9 Å². The van der Waals surface area contributed by atoms with Crippen LogP contribution in [0.4, 0.5) is 5.69 Å². The van der Waals surface area contributed by atoms with Crippen molar-refractivity contribution in [1.82, 2.24) is 15.1 Å². The molecule has 0 bridgehead atoms. The number of benzene rings is 1. The highest BCUT2D eigenvalue weighted by atomic mass is 35.5. The number of nitrogens with one attached hydrogen (secondary N) is 1. The van der Waals surface area contributed by atoms with Crippen LogP contribution in [0.25, 0.3) is 21.1 Å². The molecule has 2 heterocycles. The van der Waals surface area contributed by atoms with Gasteiger partial charge >= 0.3 is 0 Å². The van der Waals surface area contributed by atoms with Crippen LogP contribution >= 0.6 is 34.5 Å². The van der Waals surface area contributed by atoms with Crippen LogP contribution in [0.5, 0.6) is 0 Å². The molecule has 1 aliphatic rings. The first kappa shape index (κ1) is 21.9. The molecule has 160 valence electrons. The molecule has 1 amide bonds. The molecule has 5 nitrogen and oxygen atoms in total. The van der Waals surface area contributed by atoms with Gasteiger partial charge in [-0.2, -0.15) is 5.10 Å². The number of nitrogens with zero attached hydrogens (tertiary/aromatic N) is 3. The van der Waals surface area contributed by atoms with E-state index < -0.39 is 0 Å². The van der Waals surface area contributed by atoms with Crippen LogP contribution in [0.3, 0.4) is 0 Å². The minimum Gasteiger partial charge on any atom is -0.349 e. The Morgan fingerprint density at radius 1 is 1.29 bits per heavy atom. The van der Waals surface area contributed by atoms with Crippen LogP contribution < -0.4 is 5.32 Å². The Balaban J connectivity index is 1.76. The molecule has 0 unspecified atom stereocenters. The van der Waals surface area contributed by atoms with E-state index in [2.05, 4.69) is 15.3 Å². The quantitative estimate of drug-likeness (QED) is 0.400. The summed E-state index contributed by atoms with van der Waals surface area (Å²) in [7, 11) is 0. The Kier molecular flexibility index (Phi) is 6.66. The van der Waals surface area contributed by atoms with Crippen molar-refractivity contribution in [2.45, 2.75) is 45.1 Å². The van der Waals surface area contributed by atoms with Crippen molar-refractivity contribution in [2.75, 3.05) is 0 Å². The Bertz CT molecular complexity index is 1130. The standard InChI is InChI=1S/C23H22Cl2N4OS/c1-14(15-7-4-3-5-8-15)27-23(30)21-20(26-2)22(19-9-6-12-31-19)29(28-21)18-11-10-16(24)13-17(18)25/h6,9-15H,3-5,7-8H2,1H3,(H,27,30)/t14-/m1/s1. The summed E-state index contributed by atoms with van der Waals surface area (Å²) in [6, 6.07) is 8.92. The normalized spacial score (nSPS) is 15.4. The smallest absolute Gasteiger partial charge is 0.261 e. The zero-order valence-electron chi connectivity index (χ0n) is 17.1. The van der Waals surface area contributed by atoms with Gasteiger partial charge in [0.05, 0.1) is 23.0 Å². The van der Waals surface area contributed by atoms with Crippen LogP contribution in [-0.2, 0) is 0 Å². The van der Waals surface area contributed by atoms with Gasteiger partial charge in [0, 0.05) is 15.9 Å². The largest absolute Gasteiger partial charge is 0.349 e. The highest BCUT2D eigenvalue weighted by Crippen LogP contribution is 2.40. The lowest BCUT2D eigenvalue weighted by Crippen LogP contribution is -2.39. The molecule has 8 heteroatoms. The summed E-state index contributed by atoms with van der Waals surface area (Å²) in [6.07, 6.45) is 5.89. The van der Waals surface area contributed by atoms with E-state index in [9.17, 15) is 4.79 Å². The predicted octanol–water partition coefficient (Wildman–Crippen LogP) is 7.16. The van der Waals surface area contributed by atoms with Crippen LogP contribution in [0.1, 0.15) is 49.5 Å². The van der Waals surface area contributed by atoms with Gasteiger partial charge in [0.15, 0.2) is 5.69 Å². The summed E-state index contributed by atoms with van der Waals surface area (Å²) >= 11 is 14.0. The molecule has 4 rings (SSSR count). The third-order valence-electron chi connectivity index (χ3n) is 5.80. The number of rotatable bonds is 5. The van der Waals surface area contributed by atoms with E-state index in [0.717, 1.165) is 17.7 Å². The molecular weight excluding hydrogens is 451 g/mol. The zero-order chi connectivity index (χ0) is 22.0. The second kappa shape index (κ2) is 9.44. The summed E-state index contributed by atoms with van der Waals surface area (Å²) < 4.78 is 1.58. The summed E-state index contributed by atoms with van der Waals surface area (Å²) in [5, 5.41) is 10.5. The van der Waals surface area contributed by atoms with E-state index >= 15 is 0 Å². The number of carbonyl (C=O) groups excluding carboxylic acids is 1. The van der Waals surface area contributed by atoms with Crippen molar-refractivity contribution in [3.63, 3.8) is 0 Å². The van der Waals surface area contributed by atoms with Gasteiger partial charge in [0.25, 0.3) is 5.91 Å². The van der Waals surface area contributed by atoms with Gasteiger partial charge in [-0.1, -0.05) is 48.5 Å². The summed E-state index contributed by atoms with van der Waals surface area (Å²) in [5.74, 6) is 0.129. The minimum absolute atomic E-state index is 0.0286. The summed E-state index contributed by atoms with van der Waals surface area (Å²) in [4.78, 5) is 17.7. The van der Waals surface area contributed by atoms with Crippen molar-refractivity contribution in [3.8, 4) is 16.3 Å². The van der Waals surface area contributed by atoms with Crippen molar-refractivity contribution >= 4 is 46.1 Å². The molecule has 1 atom stereocenters. The lowest BCUT2D eigenvalue weighted by atomic mass is 9.84. The molecule has 3 aromatic rings. The van der Waals surface area contributed by atoms with Gasteiger partial charge in [0.2, 0.25) is 5.69 Å². The maximum Gasteiger partial charge on any atom is 0.261 e. The topological polar surface area (TPSA) is 51.3 Å². The predicted molar refractivity (Wildman–Crippen MR) is 127 cm³/mol. The molecule has 31 heavy (non-hydrogen) atoms. The highest BCUT2D eigenvalue weighted by molar-refractivity contribution is 7.13. The molecule has 0 aliphatic heterocycles. The molecule has 1 aromatic carbocycles. The van der Waals surface area contributed by atoms with E-state index in [-0.39, 0.29) is 23.3 Å². The third-order valence-corrected chi connectivity index (χ3v) is 7.21. The molecule has 1 N–H and O–H groups in total. The first-order valence-corrected chi connectivity index (χ1v) is 11.9. The van der Waals surface area contributed by atoms with Gasteiger partial charge < -0.3 is 5.32 Å². The Labute approximate surface area is 195 Å². The Morgan fingerprint density at radius 2 is 2.06 bits per heavy atom. The number of aromatic nitrogens is 2. The van der Waals surface area contributed by atoms with E-state index in [1.807, 2.05) is 24.4 Å². The van der Waals surface area contributed by atoms with Gasteiger partial charge in [-0.15, -0.1) is 11.3 Å². The summed E-state index contributed by atoms with van der Waals surface area (Å²) in [6.45, 7) is 9.85. The minimum atomic E-state index is -0.328. The average Bonchev–Trinajstić information content (AvgIpc) is 3.41. The van der Waals surface area contributed by atoms with Crippen molar-refractivity contribution in [1.29, 1.82) is 0 Å². The maximum absolute atomic E-state index is 13.2. The fraction of sp³-hybridized carbons (Fsp3) is 0.348.